The third-order valence-corrected chi connectivity index (χ3v) is 4.84. The van der Waals surface area contributed by atoms with Gasteiger partial charge in [0, 0.05) is 12.2 Å². The number of hydrogen-bond acceptors (Lipinski definition) is 6. The van der Waals surface area contributed by atoms with Crippen molar-refractivity contribution in [3.63, 3.8) is 0 Å². The minimum atomic E-state index is -0.718. The van der Waals surface area contributed by atoms with Crippen LogP contribution < -0.4 is 11.1 Å². The van der Waals surface area contributed by atoms with Gasteiger partial charge in [-0.2, -0.15) is 5.26 Å². The molecule has 1 aromatic carbocycles. The fourth-order valence-corrected chi connectivity index (χ4v) is 3.39. The second kappa shape index (κ2) is 7.68. The number of anilines is 2. The highest BCUT2D eigenvalue weighted by Crippen LogP contribution is 2.32. The summed E-state index contributed by atoms with van der Waals surface area (Å²) in [5.74, 6) is -1.20. The van der Waals surface area contributed by atoms with Crippen LogP contribution in [0.4, 0.5) is 15.8 Å². The molecule has 0 spiro atoms. The standard InChI is InChI=1S/C19H21FN4O3/c1-27-19(26)18-16(22)11(9-21)10-24(18)15-4-2-3-14(20)17(15)23-12-5-7-13(25)8-6-12/h2-4,10,12-13,23,25H,5-8,22H2,1H3. The van der Waals surface area contributed by atoms with Gasteiger partial charge in [-0.25, -0.2) is 9.18 Å². The van der Waals surface area contributed by atoms with E-state index in [1.165, 1.54) is 30.0 Å². The van der Waals surface area contributed by atoms with Gasteiger partial charge in [-0.1, -0.05) is 6.07 Å². The maximum atomic E-state index is 14.6. The summed E-state index contributed by atoms with van der Waals surface area (Å²) in [4.78, 5) is 12.2. The van der Waals surface area contributed by atoms with E-state index in [1.54, 1.807) is 6.07 Å². The molecule has 27 heavy (non-hydrogen) atoms. The number of esters is 1. The number of carbonyl (C=O) groups excluding carboxylic acids is 1. The third kappa shape index (κ3) is 3.59. The first-order chi connectivity index (χ1) is 13.0. The molecule has 0 radical (unpaired) electrons. The SMILES string of the molecule is COC(=O)c1c(N)c(C#N)cn1-c1cccc(F)c1NC1CCC(O)CC1. The molecular formula is C19H21FN4O3. The van der Waals surface area contributed by atoms with E-state index in [0.717, 1.165) is 0 Å². The molecule has 1 fully saturated rings. The predicted octanol–water partition coefficient (Wildman–Crippen LogP) is 2.57. The van der Waals surface area contributed by atoms with Gasteiger partial charge in [0.2, 0.25) is 0 Å². The van der Waals surface area contributed by atoms with Crippen LogP contribution in [0.15, 0.2) is 24.4 Å². The Hall–Kier alpha value is -3.05. The van der Waals surface area contributed by atoms with Gasteiger partial charge in [0.1, 0.15) is 11.9 Å². The zero-order valence-electron chi connectivity index (χ0n) is 14.9. The highest BCUT2D eigenvalue weighted by Gasteiger charge is 2.26. The molecule has 0 aliphatic heterocycles. The molecule has 7 nitrogen and oxygen atoms in total. The number of benzene rings is 1. The summed E-state index contributed by atoms with van der Waals surface area (Å²) in [7, 11) is 1.21. The van der Waals surface area contributed by atoms with Crippen LogP contribution in [0.1, 0.15) is 41.7 Å². The molecule has 0 atom stereocenters. The lowest BCUT2D eigenvalue weighted by Crippen LogP contribution is -2.29. The molecule has 1 saturated carbocycles. The van der Waals surface area contributed by atoms with Crippen molar-refractivity contribution in [2.24, 2.45) is 0 Å². The molecule has 1 heterocycles. The number of aliphatic hydroxyl groups excluding tert-OH is 1. The summed E-state index contributed by atoms with van der Waals surface area (Å²) in [5.41, 5.74) is 6.56. The van der Waals surface area contributed by atoms with Crippen molar-refractivity contribution in [2.45, 2.75) is 37.8 Å². The molecule has 3 rings (SSSR count). The van der Waals surface area contributed by atoms with Gasteiger partial charge < -0.3 is 25.5 Å². The Morgan fingerprint density at radius 2 is 2.11 bits per heavy atom. The molecule has 1 aliphatic rings. The van der Waals surface area contributed by atoms with Crippen molar-refractivity contribution >= 4 is 17.3 Å². The van der Waals surface area contributed by atoms with Crippen LogP contribution >= 0.6 is 0 Å². The van der Waals surface area contributed by atoms with E-state index < -0.39 is 11.8 Å². The normalized spacial score (nSPS) is 19.3. The van der Waals surface area contributed by atoms with Crippen LogP contribution in [0, 0.1) is 17.1 Å². The average Bonchev–Trinajstić information content (AvgIpc) is 3.00. The molecule has 2 aromatic rings. The van der Waals surface area contributed by atoms with Crippen LogP contribution in [0.25, 0.3) is 5.69 Å². The number of carbonyl (C=O) groups is 1. The average molecular weight is 372 g/mol. The van der Waals surface area contributed by atoms with Crippen molar-refractivity contribution in [3.8, 4) is 11.8 Å². The Labute approximate surface area is 156 Å². The van der Waals surface area contributed by atoms with Gasteiger partial charge in [-0.3, -0.25) is 0 Å². The summed E-state index contributed by atoms with van der Waals surface area (Å²) in [5, 5.41) is 22.1. The molecule has 8 heteroatoms. The van der Waals surface area contributed by atoms with Gasteiger partial charge in [0.05, 0.1) is 35.8 Å². The molecule has 1 aliphatic carbocycles. The van der Waals surface area contributed by atoms with Crippen molar-refractivity contribution in [1.29, 1.82) is 5.26 Å². The highest BCUT2D eigenvalue weighted by molar-refractivity contribution is 5.96. The fraction of sp³-hybridized carbons (Fsp3) is 0.368. The molecule has 0 amide bonds. The summed E-state index contributed by atoms with van der Waals surface area (Å²) < 4.78 is 20.8. The van der Waals surface area contributed by atoms with Gasteiger partial charge in [0.15, 0.2) is 5.69 Å². The van der Waals surface area contributed by atoms with Crippen LogP contribution in [-0.4, -0.2) is 34.9 Å². The molecule has 0 saturated heterocycles. The molecular weight excluding hydrogens is 351 g/mol. The lowest BCUT2D eigenvalue weighted by molar-refractivity contribution is 0.0593. The monoisotopic (exact) mass is 372 g/mol. The van der Waals surface area contributed by atoms with E-state index >= 15 is 0 Å². The number of para-hydroxylation sites is 1. The third-order valence-electron chi connectivity index (χ3n) is 4.84. The van der Waals surface area contributed by atoms with Crippen molar-refractivity contribution in [2.75, 3.05) is 18.2 Å². The Kier molecular flexibility index (Phi) is 5.33. The van der Waals surface area contributed by atoms with Crippen molar-refractivity contribution in [3.05, 3.63) is 41.5 Å². The molecule has 4 N–H and O–H groups in total. The minimum Gasteiger partial charge on any atom is -0.464 e. The first-order valence-electron chi connectivity index (χ1n) is 8.69. The summed E-state index contributed by atoms with van der Waals surface area (Å²) >= 11 is 0. The van der Waals surface area contributed by atoms with Crippen LogP contribution in [0.2, 0.25) is 0 Å². The van der Waals surface area contributed by atoms with E-state index in [4.69, 9.17) is 10.5 Å². The number of aromatic nitrogens is 1. The van der Waals surface area contributed by atoms with Gasteiger partial charge >= 0.3 is 5.97 Å². The van der Waals surface area contributed by atoms with Gasteiger partial charge in [-0.15, -0.1) is 0 Å². The topological polar surface area (TPSA) is 113 Å². The summed E-state index contributed by atoms with van der Waals surface area (Å²) in [6.07, 6.45) is 3.77. The van der Waals surface area contributed by atoms with Gasteiger partial charge in [-0.05, 0) is 37.8 Å². The smallest absolute Gasteiger partial charge is 0.357 e. The maximum absolute atomic E-state index is 14.6. The number of nitrogens with one attached hydrogen (secondary N) is 1. The number of nitrogens with zero attached hydrogens (tertiary/aromatic N) is 2. The van der Waals surface area contributed by atoms with Gasteiger partial charge in [0.25, 0.3) is 0 Å². The van der Waals surface area contributed by atoms with Crippen LogP contribution in [-0.2, 0) is 4.74 Å². The van der Waals surface area contributed by atoms with Crippen LogP contribution in [0.5, 0.6) is 0 Å². The van der Waals surface area contributed by atoms with Crippen molar-refractivity contribution < 1.29 is 19.0 Å². The Morgan fingerprint density at radius 1 is 1.41 bits per heavy atom. The number of rotatable bonds is 4. The Balaban J connectivity index is 2.07. The number of nitrogens with two attached hydrogens (primary N) is 1. The largest absolute Gasteiger partial charge is 0.464 e. The predicted molar refractivity (Wildman–Crippen MR) is 98.1 cm³/mol. The number of nitriles is 1. The van der Waals surface area contributed by atoms with Crippen molar-refractivity contribution in [1.82, 2.24) is 4.57 Å². The van der Waals surface area contributed by atoms with Crippen LogP contribution in [0.3, 0.4) is 0 Å². The number of halogens is 1. The molecule has 1 aromatic heterocycles. The minimum absolute atomic E-state index is 0.00558. The second-order valence-corrected chi connectivity index (χ2v) is 6.56. The summed E-state index contributed by atoms with van der Waals surface area (Å²) in [6, 6.07) is 6.40. The lowest BCUT2D eigenvalue weighted by atomic mass is 9.93. The van der Waals surface area contributed by atoms with E-state index in [1.807, 2.05) is 6.07 Å². The molecule has 0 bridgehead atoms. The number of hydrogen-bond donors (Lipinski definition) is 3. The quantitative estimate of drug-likeness (QED) is 0.711. The first kappa shape index (κ1) is 18.7. The second-order valence-electron chi connectivity index (χ2n) is 6.56. The van der Waals surface area contributed by atoms with E-state index in [9.17, 15) is 19.6 Å². The number of aliphatic hydroxyl groups is 1. The Bertz CT molecular complexity index is 895. The molecule has 142 valence electrons. The zero-order valence-corrected chi connectivity index (χ0v) is 14.9. The maximum Gasteiger partial charge on any atom is 0.357 e. The number of methoxy groups -OCH3 is 1. The number of nitrogen functional groups attached to an aromatic ring is 1. The Morgan fingerprint density at radius 3 is 2.74 bits per heavy atom. The fourth-order valence-electron chi connectivity index (χ4n) is 3.39. The van der Waals surface area contributed by atoms with E-state index in [-0.39, 0.29) is 34.8 Å². The number of ether oxygens (including phenoxy) is 1. The van der Waals surface area contributed by atoms with E-state index in [2.05, 4.69) is 5.32 Å². The summed E-state index contributed by atoms with van der Waals surface area (Å²) in [6.45, 7) is 0. The molecule has 0 unspecified atom stereocenters. The first-order valence-corrected chi connectivity index (χ1v) is 8.69. The zero-order chi connectivity index (χ0) is 19.6. The highest BCUT2D eigenvalue weighted by atomic mass is 19.1. The van der Waals surface area contributed by atoms with E-state index in [0.29, 0.717) is 31.4 Å². The lowest BCUT2D eigenvalue weighted by Gasteiger charge is -2.28.